The zero-order chi connectivity index (χ0) is 19.5. The third-order valence-corrected chi connectivity index (χ3v) is 5.26. The molecule has 1 saturated heterocycles. The number of amides is 1. The van der Waals surface area contributed by atoms with Crippen LogP contribution in [0.3, 0.4) is 0 Å². The highest BCUT2D eigenvalue weighted by molar-refractivity contribution is 5.97. The molecule has 1 aliphatic rings. The number of oxazole rings is 1. The van der Waals surface area contributed by atoms with Gasteiger partial charge in [-0.05, 0) is 48.7 Å². The first-order valence-electron chi connectivity index (χ1n) is 9.50. The number of nitrogens with zero attached hydrogens (tertiary/aromatic N) is 2. The molecule has 28 heavy (non-hydrogen) atoms. The summed E-state index contributed by atoms with van der Waals surface area (Å²) in [7, 11) is 3.37. The van der Waals surface area contributed by atoms with E-state index >= 15 is 0 Å². The maximum absolute atomic E-state index is 12.8. The van der Waals surface area contributed by atoms with Gasteiger partial charge in [0, 0.05) is 32.2 Å². The molecule has 1 aromatic heterocycles. The van der Waals surface area contributed by atoms with Gasteiger partial charge in [-0.3, -0.25) is 4.79 Å². The van der Waals surface area contributed by atoms with Crippen LogP contribution < -0.4 is 4.74 Å². The van der Waals surface area contributed by atoms with E-state index < -0.39 is 0 Å². The molecule has 4 rings (SSSR count). The molecule has 146 valence electrons. The maximum Gasteiger partial charge on any atom is 0.253 e. The van der Waals surface area contributed by atoms with Crippen molar-refractivity contribution in [2.45, 2.75) is 25.4 Å². The summed E-state index contributed by atoms with van der Waals surface area (Å²) in [6, 6.07) is 13.3. The topological polar surface area (TPSA) is 64.8 Å². The molecule has 2 aromatic carbocycles. The van der Waals surface area contributed by atoms with Crippen molar-refractivity contribution in [1.29, 1.82) is 0 Å². The molecule has 6 heteroatoms. The van der Waals surface area contributed by atoms with Crippen LogP contribution in [0, 0.1) is 0 Å². The Bertz CT molecular complexity index is 956. The largest absolute Gasteiger partial charge is 0.497 e. The lowest BCUT2D eigenvalue weighted by atomic mass is 10.1. The molecular weight excluding hydrogens is 356 g/mol. The number of carbonyl (C=O) groups is 1. The maximum atomic E-state index is 12.8. The molecule has 0 unspecified atom stereocenters. The predicted molar refractivity (Wildman–Crippen MR) is 106 cm³/mol. The lowest BCUT2D eigenvalue weighted by molar-refractivity contribution is 0.0351. The molecule has 0 bridgehead atoms. The number of methoxy groups -OCH3 is 2. The smallest absolute Gasteiger partial charge is 0.253 e. The number of hydrogen-bond donors (Lipinski definition) is 0. The first kappa shape index (κ1) is 18.5. The second kappa shape index (κ2) is 8.02. The number of aromatic nitrogens is 1. The molecule has 3 aromatic rings. The molecule has 0 saturated carbocycles. The standard InChI is InChI=1S/C22H24N2O4/c1-26-17-6-3-15(4-7-17)13-21-23-19-8-5-16(14-20(19)28-21)22(25)24-11-9-18(27-2)10-12-24/h3-8,14,18H,9-13H2,1-2H3. The Morgan fingerprint density at radius 1 is 1.14 bits per heavy atom. The quantitative estimate of drug-likeness (QED) is 0.676. The van der Waals surface area contributed by atoms with E-state index in [-0.39, 0.29) is 12.0 Å². The van der Waals surface area contributed by atoms with Crippen molar-refractivity contribution < 1.29 is 18.7 Å². The van der Waals surface area contributed by atoms with Gasteiger partial charge in [0.05, 0.1) is 13.2 Å². The monoisotopic (exact) mass is 380 g/mol. The van der Waals surface area contributed by atoms with E-state index in [1.165, 1.54) is 0 Å². The fourth-order valence-electron chi connectivity index (χ4n) is 3.58. The summed E-state index contributed by atoms with van der Waals surface area (Å²) in [4.78, 5) is 19.2. The third kappa shape index (κ3) is 3.87. The van der Waals surface area contributed by atoms with Crippen molar-refractivity contribution in [3.63, 3.8) is 0 Å². The van der Waals surface area contributed by atoms with Gasteiger partial charge in [0.1, 0.15) is 11.3 Å². The molecule has 0 atom stereocenters. The van der Waals surface area contributed by atoms with Gasteiger partial charge < -0.3 is 18.8 Å². The highest BCUT2D eigenvalue weighted by Crippen LogP contribution is 2.22. The summed E-state index contributed by atoms with van der Waals surface area (Å²) < 4.78 is 16.5. The van der Waals surface area contributed by atoms with Crippen molar-refractivity contribution in [3.05, 3.63) is 59.5 Å². The van der Waals surface area contributed by atoms with Crippen LogP contribution in [0.1, 0.15) is 34.7 Å². The number of carbonyl (C=O) groups excluding carboxylic acids is 1. The molecular formula is C22H24N2O4. The molecule has 2 heterocycles. The normalized spacial score (nSPS) is 15.1. The zero-order valence-corrected chi connectivity index (χ0v) is 16.2. The van der Waals surface area contributed by atoms with Crippen LogP contribution in [0.4, 0.5) is 0 Å². The van der Waals surface area contributed by atoms with Gasteiger partial charge in [-0.1, -0.05) is 12.1 Å². The van der Waals surface area contributed by atoms with Crippen molar-refractivity contribution in [3.8, 4) is 5.75 Å². The van der Waals surface area contributed by atoms with E-state index in [0.29, 0.717) is 36.5 Å². The first-order valence-corrected chi connectivity index (χ1v) is 9.50. The molecule has 1 fully saturated rings. The summed E-state index contributed by atoms with van der Waals surface area (Å²) in [6.07, 6.45) is 2.59. The van der Waals surface area contributed by atoms with Gasteiger partial charge in [-0.2, -0.15) is 0 Å². The molecule has 1 aliphatic heterocycles. The van der Waals surface area contributed by atoms with Gasteiger partial charge in [-0.15, -0.1) is 0 Å². The van der Waals surface area contributed by atoms with Gasteiger partial charge in [0.25, 0.3) is 5.91 Å². The van der Waals surface area contributed by atoms with Crippen LogP contribution in [0.15, 0.2) is 46.9 Å². The summed E-state index contributed by atoms with van der Waals surface area (Å²) in [5.74, 6) is 1.48. The number of benzene rings is 2. The highest BCUT2D eigenvalue weighted by Gasteiger charge is 2.24. The van der Waals surface area contributed by atoms with E-state index in [4.69, 9.17) is 13.9 Å². The Morgan fingerprint density at radius 2 is 1.89 bits per heavy atom. The predicted octanol–water partition coefficient (Wildman–Crippen LogP) is 3.68. The SMILES string of the molecule is COc1ccc(Cc2nc3ccc(C(=O)N4CCC(OC)CC4)cc3o2)cc1. The summed E-state index contributed by atoms with van der Waals surface area (Å²) in [6.45, 7) is 1.43. The van der Waals surface area contributed by atoms with E-state index in [9.17, 15) is 4.79 Å². The molecule has 0 spiro atoms. The minimum atomic E-state index is 0.0320. The Morgan fingerprint density at radius 3 is 2.57 bits per heavy atom. The molecule has 1 amide bonds. The minimum absolute atomic E-state index is 0.0320. The first-order chi connectivity index (χ1) is 13.7. The van der Waals surface area contributed by atoms with Gasteiger partial charge in [0.2, 0.25) is 0 Å². The van der Waals surface area contributed by atoms with Gasteiger partial charge >= 0.3 is 0 Å². The fraction of sp³-hybridized carbons (Fsp3) is 0.364. The summed E-state index contributed by atoms with van der Waals surface area (Å²) in [5, 5.41) is 0. The molecule has 0 radical (unpaired) electrons. The van der Waals surface area contributed by atoms with Crippen LogP contribution in [-0.4, -0.2) is 49.2 Å². The molecule has 6 nitrogen and oxygen atoms in total. The van der Waals surface area contributed by atoms with Crippen LogP contribution in [0.2, 0.25) is 0 Å². The number of fused-ring (bicyclic) bond motifs is 1. The minimum Gasteiger partial charge on any atom is -0.497 e. The van der Waals surface area contributed by atoms with Gasteiger partial charge in [0.15, 0.2) is 11.5 Å². The van der Waals surface area contributed by atoms with Gasteiger partial charge in [-0.25, -0.2) is 4.98 Å². The number of ether oxygens (including phenoxy) is 2. The third-order valence-electron chi connectivity index (χ3n) is 5.26. The van der Waals surface area contributed by atoms with Crippen molar-refractivity contribution in [2.75, 3.05) is 27.3 Å². The Kier molecular flexibility index (Phi) is 5.30. The van der Waals surface area contributed by atoms with Crippen LogP contribution in [0.25, 0.3) is 11.1 Å². The second-order valence-corrected chi connectivity index (χ2v) is 7.04. The fourth-order valence-corrected chi connectivity index (χ4v) is 3.58. The Hall–Kier alpha value is -2.86. The summed E-state index contributed by atoms with van der Waals surface area (Å²) >= 11 is 0. The second-order valence-electron chi connectivity index (χ2n) is 7.04. The Labute approximate surface area is 164 Å². The average Bonchev–Trinajstić information content (AvgIpc) is 3.15. The van der Waals surface area contributed by atoms with Crippen LogP contribution in [0.5, 0.6) is 5.75 Å². The van der Waals surface area contributed by atoms with Crippen LogP contribution in [-0.2, 0) is 11.2 Å². The number of likely N-dealkylation sites (tertiary alicyclic amines) is 1. The lowest BCUT2D eigenvalue weighted by Crippen LogP contribution is -2.40. The van der Waals surface area contributed by atoms with E-state index in [1.807, 2.05) is 41.3 Å². The zero-order valence-electron chi connectivity index (χ0n) is 16.2. The van der Waals surface area contributed by atoms with E-state index in [0.717, 1.165) is 29.7 Å². The van der Waals surface area contributed by atoms with E-state index in [2.05, 4.69) is 4.98 Å². The van der Waals surface area contributed by atoms with Crippen molar-refractivity contribution >= 4 is 17.0 Å². The van der Waals surface area contributed by atoms with Crippen molar-refractivity contribution in [2.24, 2.45) is 0 Å². The average molecular weight is 380 g/mol. The highest BCUT2D eigenvalue weighted by atomic mass is 16.5. The summed E-state index contributed by atoms with van der Waals surface area (Å²) in [5.41, 5.74) is 3.12. The number of hydrogen-bond acceptors (Lipinski definition) is 5. The Balaban J connectivity index is 1.49. The number of rotatable bonds is 5. The van der Waals surface area contributed by atoms with Crippen LogP contribution >= 0.6 is 0 Å². The molecule has 0 N–H and O–H groups in total. The number of piperidine rings is 1. The lowest BCUT2D eigenvalue weighted by Gasteiger charge is -2.31. The van der Waals surface area contributed by atoms with E-state index in [1.54, 1.807) is 20.3 Å². The molecule has 0 aliphatic carbocycles. The van der Waals surface area contributed by atoms with Crippen molar-refractivity contribution in [1.82, 2.24) is 9.88 Å².